The summed E-state index contributed by atoms with van der Waals surface area (Å²) < 4.78 is 5.10. The van der Waals surface area contributed by atoms with Crippen LogP contribution in [0.2, 0.25) is 10.0 Å². The molecule has 21 heavy (non-hydrogen) atoms. The number of carbonyl (C=O) groups is 1. The molecule has 0 atom stereocenters. The number of benzene rings is 2. The van der Waals surface area contributed by atoms with Crippen molar-refractivity contribution in [3.63, 3.8) is 0 Å². The molecule has 0 radical (unpaired) electrons. The molecule has 5 nitrogen and oxygen atoms in total. The molecule has 0 aromatic heterocycles. The van der Waals surface area contributed by atoms with Crippen molar-refractivity contribution in [3.05, 3.63) is 73.8 Å². The van der Waals surface area contributed by atoms with E-state index >= 15 is 0 Å². The van der Waals surface area contributed by atoms with Crippen LogP contribution in [0.5, 0.6) is 0 Å². The predicted octanol–water partition coefficient (Wildman–Crippen LogP) is 4.26. The number of esters is 1. The molecule has 0 aliphatic rings. The molecule has 0 saturated carbocycles. The second-order valence-corrected chi connectivity index (χ2v) is 4.89. The number of hydrogen-bond donors (Lipinski definition) is 0. The van der Waals surface area contributed by atoms with Gasteiger partial charge in [-0.1, -0.05) is 29.3 Å². The average Bonchev–Trinajstić information content (AvgIpc) is 2.46. The first-order chi connectivity index (χ1) is 9.99. The van der Waals surface area contributed by atoms with Crippen molar-refractivity contribution in [2.45, 2.75) is 6.61 Å². The van der Waals surface area contributed by atoms with Gasteiger partial charge in [0.2, 0.25) is 0 Å². The van der Waals surface area contributed by atoms with Gasteiger partial charge in [-0.25, -0.2) is 4.79 Å². The fraction of sp³-hybridized carbons (Fsp3) is 0.0714. The summed E-state index contributed by atoms with van der Waals surface area (Å²) >= 11 is 11.9. The number of carbonyl (C=O) groups excluding carboxylic acids is 1. The van der Waals surface area contributed by atoms with E-state index in [0.717, 1.165) is 0 Å². The molecule has 0 bridgehead atoms. The Kier molecular flexibility index (Phi) is 4.77. The van der Waals surface area contributed by atoms with Gasteiger partial charge in [0.25, 0.3) is 5.69 Å². The lowest BCUT2D eigenvalue weighted by molar-refractivity contribution is -0.384. The molecule has 0 unspecified atom stereocenters. The van der Waals surface area contributed by atoms with E-state index in [2.05, 4.69) is 0 Å². The van der Waals surface area contributed by atoms with E-state index in [0.29, 0.717) is 15.6 Å². The molecule has 2 aromatic carbocycles. The SMILES string of the molecule is O=C(OCc1c(Cl)cccc1Cl)c1ccc([N+](=O)[O-])cc1. The molecule has 108 valence electrons. The number of nitrogens with zero attached hydrogens (tertiary/aromatic N) is 1. The third-order valence-corrected chi connectivity index (χ3v) is 3.43. The van der Waals surface area contributed by atoms with Crippen LogP contribution in [0.4, 0.5) is 5.69 Å². The van der Waals surface area contributed by atoms with Gasteiger partial charge in [0.05, 0.1) is 10.5 Å². The molecule has 0 N–H and O–H groups in total. The van der Waals surface area contributed by atoms with Crippen molar-refractivity contribution in [2.75, 3.05) is 0 Å². The first kappa shape index (κ1) is 15.3. The summed E-state index contributed by atoms with van der Waals surface area (Å²) in [5.74, 6) is -0.610. The lowest BCUT2D eigenvalue weighted by atomic mass is 10.2. The van der Waals surface area contributed by atoms with Gasteiger partial charge in [0.15, 0.2) is 0 Å². The van der Waals surface area contributed by atoms with Crippen LogP contribution < -0.4 is 0 Å². The van der Waals surface area contributed by atoms with E-state index in [1.807, 2.05) is 0 Å². The fourth-order valence-corrected chi connectivity index (χ4v) is 2.12. The highest BCUT2D eigenvalue weighted by atomic mass is 35.5. The van der Waals surface area contributed by atoms with Gasteiger partial charge in [-0.2, -0.15) is 0 Å². The van der Waals surface area contributed by atoms with Crippen molar-refractivity contribution in [1.82, 2.24) is 0 Å². The quantitative estimate of drug-likeness (QED) is 0.478. The number of non-ortho nitro benzene ring substituents is 1. The molecule has 0 aliphatic carbocycles. The monoisotopic (exact) mass is 325 g/mol. The summed E-state index contributed by atoms with van der Waals surface area (Å²) in [4.78, 5) is 21.8. The van der Waals surface area contributed by atoms with E-state index < -0.39 is 10.9 Å². The van der Waals surface area contributed by atoms with Gasteiger partial charge < -0.3 is 4.74 Å². The fourth-order valence-electron chi connectivity index (χ4n) is 1.61. The smallest absolute Gasteiger partial charge is 0.338 e. The largest absolute Gasteiger partial charge is 0.457 e. The van der Waals surface area contributed by atoms with Gasteiger partial charge in [0, 0.05) is 27.7 Å². The van der Waals surface area contributed by atoms with Crippen LogP contribution in [0.3, 0.4) is 0 Å². The van der Waals surface area contributed by atoms with Crippen molar-refractivity contribution in [1.29, 1.82) is 0 Å². The van der Waals surface area contributed by atoms with Crippen LogP contribution in [0.1, 0.15) is 15.9 Å². The maximum Gasteiger partial charge on any atom is 0.338 e. The number of halogens is 2. The maximum atomic E-state index is 11.8. The zero-order valence-electron chi connectivity index (χ0n) is 10.6. The number of ether oxygens (including phenoxy) is 1. The van der Waals surface area contributed by atoms with Crippen molar-refractivity contribution in [2.24, 2.45) is 0 Å². The van der Waals surface area contributed by atoms with Crippen LogP contribution in [0, 0.1) is 10.1 Å². The standard InChI is InChI=1S/C14H9Cl2NO4/c15-12-2-1-3-13(16)11(12)8-21-14(18)9-4-6-10(7-5-9)17(19)20/h1-7H,8H2. The minimum atomic E-state index is -0.610. The zero-order valence-corrected chi connectivity index (χ0v) is 12.1. The number of rotatable bonds is 4. The summed E-state index contributed by atoms with van der Waals surface area (Å²) in [7, 11) is 0. The second-order valence-electron chi connectivity index (χ2n) is 4.08. The molecular weight excluding hydrogens is 317 g/mol. The molecular formula is C14H9Cl2NO4. The molecule has 7 heteroatoms. The summed E-state index contributed by atoms with van der Waals surface area (Å²) in [6.45, 7) is -0.0751. The number of nitro groups is 1. The van der Waals surface area contributed by atoms with Crippen LogP contribution >= 0.6 is 23.2 Å². The van der Waals surface area contributed by atoms with Crippen molar-refractivity contribution >= 4 is 34.9 Å². The van der Waals surface area contributed by atoms with E-state index in [4.69, 9.17) is 27.9 Å². The Hall–Kier alpha value is -2.11. The maximum absolute atomic E-state index is 11.8. The molecule has 2 aromatic rings. The predicted molar refractivity (Wildman–Crippen MR) is 78.7 cm³/mol. The van der Waals surface area contributed by atoms with Crippen LogP contribution in [0.25, 0.3) is 0 Å². The van der Waals surface area contributed by atoms with Gasteiger partial charge in [-0.3, -0.25) is 10.1 Å². The Bertz CT molecular complexity index is 666. The summed E-state index contributed by atoms with van der Waals surface area (Å²) in [6, 6.07) is 10.1. The van der Waals surface area contributed by atoms with Gasteiger partial charge in [0.1, 0.15) is 6.61 Å². The summed E-state index contributed by atoms with van der Waals surface area (Å²) in [6.07, 6.45) is 0. The lowest BCUT2D eigenvalue weighted by Crippen LogP contribution is -2.06. The highest BCUT2D eigenvalue weighted by molar-refractivity contribution is 6.35. The van der Waals surface area contributed by atoms with Gasteiger partial charge in [-0.15, -0.1) is 0 Å². The Balaban J connectivity index is 2.06. The molecule has 0 spiro atoms. The first-order valence-electron chi connectivity index (χ1n) is 5.83. The molecule has 2 rings (SSSR count). The van der Waals surface area contributed by atoms with Crippen molar-refractivity contribution < 1.29 is 14.5 Å². The summed E-state index contributed by atoms with van der Waals surface area (Å²) in [5, 5.41) is 11.3. The summed E-state index contributed by atoms with van der Waals surface area (Å²) in [5.41, 5.74) is 0.626. The topological polar surface area (TPSA) is 69.4 Å². The zero-order chi connectivity index (χ0) is 15.4. The highest BCUT2D eigenvalue weighted by Gasteiger charge is 2.12. The normalized spacial score (nSPS) is 10.2. The molecule has 0 aliphatic heterocycles. The van der Waals surface area contributed by atoms with Crippen molar-refractivity contribution in [3.8, 4) is 0 Å². The molecule has 0 saturated heterocycles. The molecule has 0 amide bonds. The van der Waals surface area contributed by atoms with Crippen LogP contribution in [0.15, 0.2) is 42.5 Å². The average molecular weight is 326 g/mol. The lowest BCUT2D eigenvalue weighted by Gasteiger charge is -2.08. The van der Waals surface area contributed by atoms with E-state index in [9.17, 15) is 14.9 Å². The Labute approximate surface area is 130 Å². The van der Waals surface area contributed by atoms with E-state index in [1.54, 1.807) is 18.2 Å². The van der Waals surface area contributed by atoms with Gasteiger partial charge >= 0.3 is 5.97 Å². The second kappa shape index (κ2) is 6.56. The van der Waals surface area contributed by atoms with Gasteiger partial charge in [-0.05, 0) is 24.3 Å². The Morgan fingerprint density at radius 3 is 2.19 bits per heavy atom. The molecule has 0 fully saturated rings. The molecule has 0 heterocycles. The number of hydrogen-bond acceptors (Lipinski definition) is 4. The van der Waals surface area contributed by atoms with Crippen LogP contribution in [-0.4, -0.2) is 10.9 Å². The van der Waals surface area contributed by atoms with Crippen LogP contribution in [-0.2, 0) is 11.3 Å². The highest BCUT2D eigenvalue weighted by Crippen LogP contribution is 2.25. The third kappa shape index (κ3) is 3.71. The third-order valence-electron chi connectivity index (χ3n) is 2.72. The number of nitro benzene ring substituents is 1. The van der Waals surface area contributed by atoms with E-state index in [1.165, 1.54) is 24.3 Å². The minimum Gasteiger partial charge on any atom is -0.457 e. The minimum absolute atomic E-state index is 0.0751. The van der Waals surface area contributed by atoms with E-state index in [-0.39, 0.29) is 17.9 Å². The Morgan fingerprint density at radius 1 is 1.10 bits per heavy atom. The Morgan fingerprint density at radius 2 is 1.67 bits per heavy atom. The first-order valence-corrected chi connectivity index (χ1v) is 6.59.